The predicted octanol–water partition coefficient (Wildman–Crippen LogP) is 10.6. The Kier molecular flexibility index (Phi) is 16.6. The Labute approximate surface area is 297 Å². The van der Waals surface area contributed by atoms with E-state index in [2.05, 4.69) is 58.2 Å². The summed E-state index contributed by atoms with van der Waals surface area (Å²) in [5, 5.41) is 21.6. The summed E-state index contributed by atoms with van der Waals surface area (Å²) in [5.41, 5.74) is 4.34. The van der Waals surface area contributed by atoms with Crippen LogP contribution in [0.25, 0.3) is 24.3 Å². The van der Waals surface area contributed by atoms with Crippen molar-refractivity contribution in [3.05, 3.63) is 140 Å². The van der Waals surface area contributed by atoms with E-state index in [1.165, 1.54) is 114 Å². The lowest BCUT2D eigenvalue weighted by molar-refractivity contribution is -0.697. The molecule has 0 atom stereocenters. The average Bonchev–Trinajstić information content (AvgIpc) is 3.14. The zero-order chi connectivity index (χ0) is 35.2. The number of nitrogens with zero attached hydrogens (tertiary/aromatic N) is 4. The number of hydrogen-bond donors (Lipinski definition) is 0. The van der Waals surface area contributed by atoms with E-state index in [-0.39, 0.29) is 21.2 Å². The minimum absolute atomic E-state index is 0.111. The van der Waals surface area contributed by atoms with Crippen LogP contribution in [0.4, 0.5) is 11.4 Å². The zero-order valence-electron chi connectivity index (χ0n) is 29.3. The van der Waals surface area contributed by atoms with Gasteiger partial charge in [-0.1, -0.05) is 88.5 Å². The fourth-order valence-electron chi connectivity index (χ4n) is 5.97. The number of benzene rings is 2. The van der Waals surface area contributed by atoms with Gasteiger partial charge in [-0.25, -0.2) is 9.13 Å². The molecule has 0 aliphatic rings. The number of aryl methyl sites for hydroxylation is 2. The van der Waals surface area contributed by atoms with Crippen LogP contribution in [0, 0.1) is 20.2 Å². The first-order valence-corrected chi connectivity index (χ1v) is 18.3. The van der Waals surface area contributed by atoms with Gasteiger partial charge in [-0.3, -0.25) is 20.2 Å². The standard InChI is InChI=1S/C42H52N4O4/c47-45(48)41-23-19-37(20-24-41)15-17-39-27-33-43(34-28-39)31-13-11-9-7-5-3-1-2-4-6-8-10-12-14-32-44-35-29-40(30-36-44)18-16-38-21-25-42(26-22-38)46(49)50/h15-30,33-36H,1-14,31-32H2/q+2/b17-15+,18-16+. The topological polar surface area (TPSA) is 94.0 Å². The van der Waals surface area contributed by atoms with Crippen LogP contribution in [-0.4, -0.2) is 9.85 Å². The number of nitro benzene ring substituents is 2. The summed E-state index contributed by atoms with van der Waals surface area (Å²) in [6, 6.07) is 21.6. The molecule has 50 heavy (non-hydrogen) atoms. The van der Waals surface area contributed by atoms with Crippen LogP contribution >= 0.6 is 0 Å². The molecular weight excluding hydrogens is 624 g/mol. The van der Waals surface area contributed by atoms with Crippen LogP contribution in [0.15, 0.2) is 97.6 Å². The van der Waals surface area contributed by atoms with Crippen LogP contribution in [0.5, 0.6) is 0 Å². The molecule has 2 aromatic carbocycles. The third kappa shape index (κ3) is 14.6. The van der Waals surface area contributed by atoms with Crippen molar-refractivity contribution in [3.63, 3.8) is 0 Å². The second-order valence-corrected chi connectivity index (χ2v) is 13.1. The SMILES string of the molecule is O=[N+]([O-])c1ccc(/C=C/c2cc[n+](CCCCCCCCCCCCCCCC[n+]3ccc(/C=C/c4ccc([N+](=O)[O-])cc4)cc3)cc2)cc1. The van der Waals surface area contributed by atoms with Gasteiger partial charge < -0.3 is 0 Å². The summed E-state index contributed by atoms with van der Waals surface area (Å²) in [5.74, 6) is 0. The number of unbranched alkanes of at least 4 members (excludes halogenated alkanes) is 13. The maximum absolute atomic E-state index is 10.8. The summed E-state index contributed by atoms with van der Waals surface area (Å²) >= 11 is 0. The molecule has 0 saturated carbocycles. The van der Waals surface area contributed by atoms with E-state index >= 15 is 0 Å². The molecule has 4 aromatic rings. The van der Waals surface area contributed by atoms with Crippen molar-refractivity contribution >= 4 is 35.7 Å². The minimum Gasteiger partial charge on any atom is -0.258 e. The molecule has 4 rings (SSSR count). The molecule has 0 aliphatic heterocycles. The molecule has 8 heteroatoms. The van der Waals surface area contributed by atoms with Crippen molar-refractivity contribution in [3.8, 4) is 0 Å². The molecule has 0 radical (unpaired) electrons. The first-order chi connectivity index (χ1) is 24.5. The first-order valence-electron chi connectivity index (χ1n) is 18.3. The summed E-state index contributed by atoms with van der Waals surface area (Å²) < 4.78 is 4.49. The number of rotatable bonds is 23. The second kappa shape index (κ2) is 21.9. The van der Waals surface area contributed by atoms with Gasteiger partial charge in [0.1, 0.15) is 13.1 Å². The largest absolute Gasteiger partial charge is 0.269 e. The number of aromatic nitrogens is 2. The van der Waals surface area contributed by atoms with Crippen LogP contribution in [-0.2, 0) is 13.1 Å². The van der Waals surface area contributed by atoms with Crippen molar-refractivity contribution in [2.24, 2.45) is 0 Å². The molecular formula is C42H52N4O4+2. The van der Waals surface area contributed by atoms with Crippen molar-refractivity contribution in [1.29, 1.82) is 0 Å². The van der Waals surface area contributed by atoms with Crippen LogP contribution in [0.2, 0.25) is 0 Å². The van der Waals surface area contributed by atoms with Crippen LogP contribution < -0.4 is 9.13 Å². The highest BCUT2D eigenvalue weighted by atomic mass is 16.6. The van der Waals surface area contributed by atoms with Crippen LogP contribution in [0.3, 0.4) is 0 Å². The molecule has 0 amide bonds. The van der Waals surface area contributed by atoms with Gasteiger partial charge in [-0.05, 0) is 59.4 Å². The Morgan fingerprint density at radius 3 is 0.880 bits per heavy atom. The molecule has 2 aromatic heterocycles. The van der Waals surface area contributed by atoms with E-state index < -0.39 is 0 Å². The molecule has 0 N–H and O–H groups in total. The number of hydrogen-bond acceptors (Lipinski definition) is 4. The highest BCUT2D eigenvalue weighted by Crippen LogP contribution is 2.16. The molecule has 8 nitrogen and oxygen atoms in total. The zero-order valence-corrected chi connectivity index (χ0v) is 29.3. The molecule has 2 heterocycles. The highest BCUT2D eigenvalue weighted by Gasteiger charge is 2.05. The fourth-order valence-corrected chi connectivity index (χ4v) is 5.97. The molecule has 0 aliphatic carbocycles. The summed E-state index contributed by atoms with van der Waals surface area (Å²) in [6.07, 6.45) is 35.0. The summed E-state index contributed by atoms with van der Waals surface area (Å²) in [7, 11) is 0. The Balaban J connectivity index is 0.921. The quantitative estimate of drug-likeness (QED) is 0.0338. The second-order valence-electron chi connectivity index (χ2n) is 13.1. The van der Waals surface area contributed by atoms with Crippen LogP contribution in [0.1, 0.15) is 112 Å². The lowest BCUT2D eigenvalue weighted by atomic mass is 10.0. The summed E-state index contributed by atoms with van der Waals surface area (Å²) in [4.78, 5) is 20.8. The predicted molar refractivity (Wildman–Crippen MR) is 202 cm³/mol. The van der Waals surface area contributed by atoms with E-state index in [9.17, 15) is 20.2 Å². The van der Waals surface area contributed by atoms with Gasteiger partial charge in [-0.2, -0.15) is 0 Å². The van der Waals surface area contributed by atoms with E-state index in [1.807, 2.05) is 24.3 Å². The van der Waals surface area contributed by atoms with Gasteiger partial charge >= 0.3 is 0 Å². The van der Waals surface area contributed by atoms with Gasteiger partial charge in [0.15, 0.2) is 24.8 Å². The van der Waals surface area contributed by atoms with Gasteiger partial charge in [0, 0.05) is 61.4 Å². The monoisotopic (exact) mass is 676 g/mol. The average molecular weight is 677 g/mol. The van der Waals surface area contributed by atoms with E-state index in [0.29, 0.717) is 0 Å². The Morgan fingerprint density at radius 1 is 0.380 bits per heavy atom. The van der Waals surface area contributed by atoms with Gasteiger partial charge in [0.05, 0.1) is 9.85 Å². The smallest absolute Gasteiger partial charge is 0.258 e. The Morgan fingerprint density at radius 2 is 0.620 bits per heavy atom. The first kappa shape index (κ1) is 37.8. The van der Waals surface area contributed by atoms with E-state index in [4.69, 9.17) is 0 Å². The van der Waals surface area contributed by atoms with Gasteiger partial charge in [0.2, 0.25) is 0 Å². The van der Waals surface area contributed by atoms with Crippen molar-refractivity contribution < 1.29 is 19.0 Å². The maximum atomic E-state index is 10.8. The normalized spacial score (nSPS) is 11.4. The molecule has 0 fully saturated rings. The van der Waals surface area contributed by atoms with Crippen molar-refractivity contribution in [2.45, 2.75) is 103 Å². The lowest BCUT2D eigenvalue weighted by Gasteiger charge is -2.03. The van der Waals surface area contributed by atoms with Gasteiger partial charge in [0.25, 0.3) is 11.4 Å². The lowest BCUT2D eigenvalue weighted by Crippen LogP contribution is -2.32. The molecule has 0 unspecified atom stereocenters. The van der Waals surface area contributed by atoms with Crippen molar-refractivity contribution in [2.75, 3.05) is 0 Å². The molecule has 262 valence electrons. The molecule has 0 spiro atoms. The highest BCUT2D eigenvalue weighted by molar-refractivity contribution is 5.70. The molecule has 0 saturated heterocycles. The third-order valence-electron chi connectivity index (χ3n) is 9.06. The number of nitro groups is 2. The number of non-ortho nitro benzene ring substituents is 2. The molecule has 0 bridgehead atoms. The number of pyridine rings is 2. The Bertz CT molecular complexity index is 1510. The van der Waals surface area contributed by atoms with Gasteiger partial charge in [-0.15, -0.1) is 0 Å². The van der Waals surface area contributed by atoms with E-state index in [0.717, 1.165) is 35.3 Å². The summed E-state index contributed by atoms with van der Waals surface area (Å²) in [6.45, 7) is 2.09. The fraction of sp³-hybridized carbons (Fsp3) is 0.381. The van der Waals surface area contributed by atoms with E-state index in [1.54, 1.807) is 24.3 Å². The van der Waals surface area contributed by atoms with Crippen molar-refractivity contribution in [1.82, 2.24) is 0 Å². The maximum Gasteiger partial charge on any atom is 0.269 e. The minimum atomic E-state index is -0.379. The Hall–Kier alpha value is -4.98. The third-order valence-corrected chi connectivity index (χ3v) is 9.06.